The Labute approximate surface area is 114 Å². The largest absolute Gasteiger partial charge is 0.374 e. The van der Waals surface area contributed by atoms with E-state index in [-0.39, 0.29) is 11.5 Å². The number of hydrogen-bond acceptors (Lipinski definition) is 4. The third kappa shape index (κ3) is 2.54. The molecule has 3 nitrogen and oxygen atoms in total. The SMILES string of the molecule is N#CC1CCCN(C2CCOC3(CCSC3)C2)C1. The monoisotopic (exact) mass is 266 g/mol. The molecule has 3 atom stereocenters. The highest BCUT2D eigenvalue weighted by molar-refractivity contribution is 7.99. The van der Waals surface area contributed by atoms with Crippen molar-refractivity contribution in [3.8, 4) is 6.07 Å². The number of rotatable bonds is 1. The average molecular weight is 266 g/mol. The molecule has 0 aromatic carbocycles. The van der Waals surface area contributed by atoms with Crippen molar-refractivity contribution < 1.29 is 4.74 Å². The highest BCUT2D eigenvalue weighted by Crippen LogP contribution is 2.40. The summed E-state index contributed by atoms with van der Waals surface area (Å²) in [5.41, 5.74) is 0.174. The predicted octanol–water partition coefficient (Wildman–Crippen LogP) is 2.28. The molecule has 3 heterocycles. The number of nitrogens with zero attached hydrogens (tertiary/aromatic N) is 2. The van der Waals surface area contributed by atoms with E-state index in [1.807, 2.05) is 11.8 Å². The minimum absolute atomic E-state index is 0.174. The molecular weight excluding hydrogens is 244 g/mol. The van der Waals surface area contributed by atoms with Crippen LogP contribution in [0.25, 0.3) is 0 Å². The number of hydrogen-bond donors (Lipinski definition) is 0. The van der Waals surface area contributed by atoms with E-state index in [1.54, 1.807) is 0 Å². The number of thioether (sulfide) groups is 1. The van der Waals surface area contributed by atoms with Gasteiger partial charge in [0.15, 0.2) is 0 Å². The van der Waals surface area contributed by atoms with Crippen LogP contribution in [-0.2, 0) is 4.74 Å². The Hall–Kier alpha value is -0.240. The third-order valence-electron chi connectivity index (χ3n) is 4.69. The Morgan fingerprint density at radius 3 is 3.11 bits per heavy atom. The summed E-state index contributed by atoms with van der Waals surface area (Å²) in [6.07, 6.45) is 5.86. The van der Waals surface area contributed by atoms with E-state index < -0.39 is 0 Å². The van der Waals surface area contributed by atoms with E-state index in [9.17, 15) is 0 Å². The minimum atomic E-state index is 0.174. The van der Waals surface area contributed by atoms with Crippen LogP contribution in [0.1, 0.15) is 32.1 Å². The molecule has 0 N–H and O–H groups in total. The van der Waals surface area contributed by atoms with E-state index in [4.69, 9.17) is 10.00 Å². The van der Waals surface area contributed by atoms with E-state index in [0.717, 1.165) is 26.0 Å². The average Bonchev–Trinajstić information content (AvgIpc) is 2.87. The Bertz CT molecular complexity index is 335. The van der Waals surface area contributed by atoms with Gasteiger partial charge in [-0.3, -0.25) is 4.90 Å². The van der Waals surface area contributed by atoms with Crippen molar-refractivity contribution in [1.29, 1.82) is 5.26 Å². The maximum atomic E-state index is 9.11. The van der Waals surface area contributed by atoms with Crippen molar-refractivity contribution in [1.82, 2.24) is 4.90 Å². The summed E-state index contributed by atoms with van der Waals surface area (Å²) < 4.78 is 6.09. The van der Waals surface area contributed by atoms with Crippen molar-refractivity contribution in [3.63, 3.8) is 0 Å². The molecule has 0 aliphatic carbocycles. The second kappa shape index (κ2) is 5.40. The van der Waals surface area contributed by atoms with Crippen molar-refractivity contribution in [2.45, 2.75) is 43.7 Å². The topological polar surface area (TPSA) is 36.3 Å². The van der Waals surface area contributed by atoms with Crippen LogP contribution in [0.15, 0.2) is 0 Å². The summed E-state index contributed by atoms with van der Waals surface area (Å²) in [4.78, 5) is 2.57. The lowest BCUT2D eigenvalue weighted by atomic mass is 9.87. The maximum Gasteiger partial charge on any atom is 0.0795 e. The van der Waals surface area contributed by atoms with Crippen LogP contribution >= 0.6 is 11.8 Å². The van der Waals surface area contributed by atoms with Gasteiger partial charge in [0.25, 0.3) is 0 Å². The Balaban J connectivity index is 1.63. The summed E-state index contributed by atoms with van der Waals surface area (Å²) >= 11 is 2.04. The van der Waals surface area contributed by atoms with Crippen LogP contribution in [-0.4, -0.2) is 47.7 Å². The first kappa shape index (κ1) is 12.8. The second-order valence-corrected chi connectivity index (χ2v) is 7.05. The first-order chi connectivity index (χ1) is 8.81. The molecule has 100 valence electrons. The first-order valence-electron chi connectivity index (χ1n) is 7.17. The van der Waals surface area contributed by atoms with Crippen LogP contribution in [0.4, 0.5) is 0 Å². The van der Waals surface area contributed by atoms with Gasteiger partial charge in [-0.1, -0.05) is 0 Å². The van der Waals surface area contributed by atoms with Crippen molar-refractivity contribution >= 4 is 11.8 Å². The fourth-order valence-electron chi connectivity index (χ4n) is 3.62. The van der Waals surface area contributed by atoms with E-state index in [0.29, 0.717) is 6.04 Å². The summed E-state index contributed by atoms with van der Waals surface area (Å²) in [5.74, 6) is 2.70. The van der Waals surface area contributed by atoms with Crippen molar-refractivity contribution in [2.24, 2.45) is 5.92 Å². The number of ether oxygens (including phenoxy) is 1. The summed E-state index contributed by atoms with van der Waals surface area (Å²) in [5, 5.41) is 9.11. The second-order valence-electron chi connectivity index (χ2n) is 5.94. The molecule has 3 aliphatic heterocycles. The number of nitriles is 1. The maximum absolute atomic E-state index is 9.11. The van der Waals surface area contributed by atoms with Gasteiger partial charge in [0.05, 0.1) is 17.6 Å². The van der Waals surface area contributed by atoms with Crippen LogP contribution in [0.2, 0.25) is 0 Å². The van der Waals surface area contributed by atoms with Gasteiger partial charge in [0, 0.05) is 24.9 Å². The van der Waals surface area contributed by atoms with E-state index in [2.05, 4.69) is 11.0 Å². The molecule has 0 aromatic heterocycles. The lowest BCUT2D eigenvalue weighted by Crippen LogP contribution is -2.51. The third-order valence-corrected chi connectivity index (χ3v) is 5.91. The molecule has 0 bridgehead atoms. The molecule has 3 rings (SSSR count). The molecule has 0 aromatic rings. The standard InChI is InChI=1S/C14H22N2OS/c15-9-12-2-1-5-16(10-12)13-3-6-17-14(8-13)4-7-18-11-14/h12-13H,1-8,10-11H2. The molecule has 0 saturated carbocycles. The fraction of sp³-hybridized carbons (Fsp3) is 0.929. The predicted molar refractivity (Wildman–Crippen MR) is 73.6 cm³/mol. The molecule has 3 saturated heterocycles. The molecule has 3 fully saturated rings. The molecule has 4 heteroatoms. The Morgan fingerprint density at radius 1 is 1.39 bits per heavy atom. The highest BCUT2D eigenvalue weighted by Gasteiger charge is 2.42. The van der Waals surface area contributed by atoms with Gasteiger partial charge in [-0.15, -0.1) is 0 Å². The Kier molecular flexibility index (Phi) is 3.83. The Morgan fingerprint density at radius 2 is 2.33 bits per heavy atom. The van der Waals surface area contributed by atoms with Crippen LogP contribution < -0.4 is 0 Å². The molecular formula is C14H22N2OS. The van der Waals surface area contributed by atoms with Gasteiger partial charge >= 0.3 is 0 Å². The smallest absolute Gasteiger partial charge is 0.0795 e. The first-order valence-corrected chi connectivity index (χ1v) is 8.32. The minimum Gasteiger partial charge on any atom is -0.374 e. The van der Waals surface area contributed by atoms with E-state index >= 15 is 0 Å². The van der Waals surface area contributed by atoms with Gasteiger partial charge in [-0.2, -0.15) is 17.0 Å². The van der Waals surface area contributed by atoms with Gasteiger partial charge in [-0.05, 0) is 44.4 Å². The molecule has 0 amide bonds. The molecule has 18 heavy (non-hydrogen) atoms. The quantitative estimate of drug-likeness (QED) is 0.729. The van der Waals surface area contributed by atoms with Crippen molar-refractivity contribution in [3.05, 3.63) is 0 Å². The fourth-order valence-corrected chi connectivity index (χ4v) is 5.00. The molecule has 3 unspecified atom stereocenters. The van der Waals surface area contributed by atoms with Gasteiger partial charge < -0.3 is 4.74 Å². The lowest BCUT2D eigenvalue weighted by molar-refractivity contribution is -0.0928. The van der Waals surface area contributed by atoms with E-state index in [1.165, 1.54) is 37.3 Å². The summed E-state index contributed by atoms with van der Waals surface area (Å²) in [6, 6.07) is 3.12. The van der Waals surface area contributed by atoms with Crippen LogP contribution in [0.5, 0.6) is 0 Å². The number of piperidine rings is 1. The molecule has 1 spiro atoms. The zero-order valence-electron chi connectivity index (χ0n) is 10.9. The summed E-state index contributed by atoms with van der Waals surface area (Å²) in [7, 11) is 0. The van der Waals surface area contributed by atoms with Gasteiger partial charge in [0.2, 0.25) is 0 Å². The van der Waals surface area contributed by atoms with Gasteiger partial charge in [0.1, 0.15) is 0 Å². The van der Waals surface area contributed by atoms with Crippen LogP contribution in [0.3, 0.4) is 0 Å². The number of likely N-dealkylation sites (tertiary alicyclic amines) is 1. The highest BCUT2D eigenvalue weighted by atomic mass is 32.2. The summed E-state index contributed by atoms with van der Waals surface area (Å²) in [6.45, 7) is 3.09. The molecule has 3 aliphatic rings. The normalized spacial score (nSPS) is 41.9. The van der Waals surface area contributed by atoms with Gasteiger partial charge in [-0.25, -0.2) is 0 Å². The zero-order valence-corrected chi connectivity index (χ0v) is 11.8. The van der Waals surface area contributed by atoms with Crippen molar-refractivity contribution in [2.75, 3.05) is 31.2 Å². The lowest BCUT2D eigenvalue weighted by Gasteiger charge is -2.44. The van der Waals surface area contributed by atoms with Crippen LogP contribution in [0, 0.1) is 17.2 Å². The molecule has 0 radical (unpaired) electrons. The zero-order chi connectivity index (χ0) is 12.4.